The molecule has 0 saturated heterocycles. The van der Waals surface area contributed by atoms with Gasteiger partial charge in [0, 0.05) is 13.6 Å². The van der Waals surface area contributed by atoms with Crippen molar-refractivity contribution in [1.82, 2.24) is 4.90 Å². The summed E-state index contributed by atoms with van der Waals surface area (Å²) in [5, 5.41) is 0. The summed E-state index contributed by atoms with van der Waals surface area (Å²) in [6.07, 6.45) is 6.25. The van der Waals surface area contributed by atoms with Gasteiger partial charge >= 0.3 is 0 Å². The van der Waals surface area contributed by atoms with E-state index in [4.69, 9.17) is 5.73 Å². The van der Waals surface area contributed by atoms with Gasteiger partial charge in [0.15, 0.2) is 5.96 Å². The molecule has 0 spiro atoms. The van der Waals surface area contributed by atoms with Gasteiger partial charge in [0.05, 0.1) is 6.04 Å². The van der Waals surface area contributed by atoms with Crippen molar-refractivity contribution < 1.29 is 0 Å². The lowest BCUT2D eigenvalue weighted by Gasteiger charge is -2.20. The molecule has 0 aromatic heterocycles. The first-order valence-corrected chi connectivity index (χ1v) is 6.14. The average molecular weight is 211 g/mol. The van der Waals surface area contributed by atoms with Crippen LogP contribution in [-0.4, -0.2) is 30.5 Å². The van der Waals surface area contributed by atoms with Crippen LogP contribution in [0.1, 0.15) is 46.0 Å². The van der Waals surface area contributed by atoms with Gasteiger partial charge in [-0.1, -0.05) is 26.7 Å². The maximum atomic E-state index is 5.96. The molecule has 0 aliphatic heterocycles. The Balaban J connectivity index is 2.33. The van der Waals surface area contributed by atoms with Crippen molar-refractivity contribution in [3.8, 4) is 0 Å². The minimum atomic E-state index is 0.492. The van der Waals surface area contributed by atoms with Gasteiger partial charge in [-0.2, -0.15) is 0 Å². The second-order valence-corrected chi connectivity index (χ2v) is 5.03. The fraction of sp³-hybridized carbons (Fsp3) is 0.917. The van der Waals surface area contributed by atoms with E-state index >= 15 is 0 Å². The van der Waals surface area contributed by atoms with Crippen molar-refractivity contribution in [1.29, 1.82) is 0 Å². The quantitative estimate of drug-likeness (QED) is 0.572. The summed E-state index contributed by atoms with van der Waals surface area (Å²) >= 11 is 0. The zero-order valence-electron chi connectivity index (χ0n) is 10.4. The highest BCUT2D eigenvalue weighted by molar-refractivity contribution is 5.77. The Labute approximate surface area is 93.7 Å². The lowest BCUT2D eigenvalue weighted by molar-refractivity contribution is 0.430. The zero-order valence-corrected chi connectivity index (χ0v) is 10.4. The fourth-order valence-electron chi connectivity index (χ4n) is 1.89. The van der Waals surface area contributed by atoms with Gasteiger partial charge in [0.1, 0.15) is 0 Å². The third kappa shape index (κ3) is 4.54. The number of hydrogen-bond acceptors (Lipinski definition) is 1. The van der Waals surface area contributed by atoms with Gasteiger partial charge in [-0.15, -0.1) is 0 Å². The Bertz CT molecular complexity index is 205. The largest absolute Gasteiger partial charge is 0.370 e. The molecule has 88 valence electrons. The number of hydrogen-bond donors (Lipinski definition) is 1. The van der Waals surface area contributed by atoms with Crippen LogP contribution >= 0.6 is 0 Å². The molecule has 2 N–H and O–H groups in total. The van der Waals surface area contributed by atoms with Gasteiger partial charge in [-0.3, -0.25) is 0 Å². The van der Waals surface area contributed by atoms with Crippen LogP contribution in [-0.2, 0) is 0 Å². The second kappa shape index (κ2) is 5.99. The molecule has 15 heavy (non-hydrogen) atoms. The molecule has 1 saturated carbocycles. The highest BCUT2D eigenvalue weighted by Crippen LogP contribution is 2.20. The van der Waals surface area contributed by atoms with E-state index in [9.17, 15) is 0 Å². The standard InChI is InChI=1S/C12H25N3/c1-10(2)8-9-15(3)12(13)14-11-6-4-5-7-11/h10-11H,4-9H2,1-3H3,(H2,13,14). The minimum Gasteiger partial charge on any atom is -0.370 e. The molecule has 0 aromatic carbocycles. The molecule has 3 nitrogen and oxygen atoms in total. The van der Waals surface area contributed by atoms with E-state index in [0.29, 0.717) is 6.04 Å². The van der Waals surface area contributed by atoms with Crippen LogP contribution in [0.2, 0.25) is 0 Å². The van der Waals surface area contributed by atoms with E-state index in [2.05, 4.69) is 23.7 Å². The molecule has 0 heterocycles. The molecule has 0 unspecified atom stereocenters. The molecule has 1 fully saturated rings. The van der Waals surface area contributed by atoms with E-state index in [1.807, 2.05) is 7.05 Å². The third-order valence-corrected chi connectivity index (χ3v) is 3.07. The van der Waals surface area contributed by atoms with Gasteiger partial charge in [0.25, 0.3) is 0 Å². The molecule has 1 aliphatic carbocycles. The van der Waals surface area contributed by atoms with Crippen LogP contribution < -0.4 is 5.73 Å². The Morgan fingerprint density at radius 2 is 2.00 bits per heavy atom. The summed E-state index contributed by atoms with van der Waals surface area (Å²) < 4.78 is 0. The average Bonchev–Trinajstić information content (AvgIpc) is 2.66. The number of guanidine groups is 1. The lowest BCUT2D eigenvalue weighted by atomic mass is 10.1. The number of nitrogens with zero attached hydrogens (tertiary/aromatic N) is 2. The molecule has 0 amide bonds. The number of aliphatic imine (C=N–C) groups is 1. The predicted molar refractivity (Wildman–Crippen MR) is 66.0 cm³/mol. The summed E-state index contributed by atoms with van der Waals surface area (Å²) in [6, 6.07) is 0.492. The van der Waals surface area contributed by atoms with Crippen LogP contribution in [0.5, 0.6) is 0 Å². The van der Waals surface area contributed by atoms with Crippen LogP contribution in [0.25, 0.3) is 0 Å². The summed E-state index contributed by atoms with van der Waals surface area (Å²) in [6.45, 7) is 5.48. The molecular weight excluding hydrogens is 186 g/mol. The lowest BCUT2D eigenvalue weighted by Crippen LogP contribution is -2.36. The van der Waals surface area contributed by atoms with E-state index in [0.717, 1.165) is 18.4 Å². The van der Waals surface area contributed by atoms with Gasteiger partial charge in [-0.25, -0.2) is 4.99 Å². The van der Waals surface area contributed by atoms with Crippen molar-refractivity contribution in [3.63, 3.8) is 0 Å². The first-order valence-electron chi connectivity index (χ1n) is 6.14. The summed E-state index contributed by atoms with van der Waals surface area (Å²) in [5.41, 5.74) is 5.96. The normalized spacial score (nSPS) is 18.8. The topological polar surface area (TPSA) is 41.6 Å². The predicted octanol–water partition coefficient (Wildman–Crippen LogP) is 2.22. The third-order valence-electron chi connectivity index (χ3n) is 3.07. The van der Waals surface area contributed by atoms with Gasteiger partial charge in [0.2, 0.25) is 0 Å². The maximum absolute atomic E-state index is 5.96. The smallest absolute Gasteiger partial charge is 0.191 e. The summed E-state index contributed by atoms with van der Waals surface area (Å²) in [5.74, 6) is 1.45. The van der Waals surface area contributed by atoms with Crippen molar-refractivity contribution in [2.45, 2.75) is 52.0 Å². The Hall–Kier alpha value is -0.730. The zero-order chi connectivity index (χ0) is 11.3. The van der Waals surface area contributed by atoms with E-state index in [1.165, 1.54) is 32.1 Å². The molecule has 1 rings (SSSR count). The van der Waals surface area contributed by atoms with Gasteiger partial charge < -0.3 is 10.6 Å². The molecule has 0 atom stereocenters. The van der Waals surface area contributed by atoms with E-state index in [1.54, 1.807) is 0 Å². The maximum Gasteiger partial charge on any atom is 0.191 e. The first-order chi connectivity index (χ1) is 7.09. The van der Waals surface area contributed by atoms with Crippen LogP contribution in [0.3, 0.4) is 0 Å². The molecule has 3 heteroatoms. The molecule has 0 aromatic rings. The van der Waals surface area contributed by atoms with Crippen LogP contribution in [0, 0.1) is 5.92 Å². The monoisotopic (exact) mass is 211 g/mol. The van der Waals surface area contributed by atoms with Crippen molar-refractivity contribution in [3.05, 3.63) is 0 Å². The first kappa shape index (κ1) is 12.3. The van der Waals surface area contributed by atoms with Crippen LogP contribution in [0.15, 0.2) is 4.99 Å². The van der Waals surface area contributed by atoms with E-state index in [-0.39, 0.29) is 0 Å². The number of rotatable bonds is 4. The molecule has 0 bridgehead atoms. The fourth-order valence-corrected chi connectivity index (χ4v) is 1.89. The Morgan fingerprint density at radius 3 is 2.53 bits per heavy atom. The second-order valence-electron chi connectivity index (χ2n) is 5.03. The number of nitrogens with two attached hydrogens (primary N) is 1. The van der Waals surface area contributed by atoms with Crippen molar-refractivity contribution in [2.75, 3.05) is 13.6 Å². The Kier molecular flexibility index (Phi) is 4.92. The molecule has 0 radical (unpaired) electrons. The Morgan fingerprint density at radius 1 is 1.40 bits per heavy atom. The molecule has 1 aliphatic rings. The van der Waals surface area contributed by atoms with Crippen molar-refractivity contribution in [2.24, 2.45) is 16.6 Å². The highest BCUT2D eigenvalue weighted by Gasteiger charge is 2.14. The van der Waals surface area contributed by atoms with Crippen molar-refractivity contribution >= 4 is 5.96 Å². The van der Waals surface area contributed by atoms with Crippen LogP contribution in [0.4, 0.5) is 0 Å². The van der Waals surface area contributed by atoms with E-state index < -0.39 is 0 Å². The molecular formula is C12H25N3. The minimum absolute atomic E-state index is 0.492. The summed E-state index contributed by atoms with van der Waals surface area (Å²) in [4.78, 5) is 6.66. The SMILES string of the molecule is CC(C)CCN(C)C(N)=NC1CCCC1. The van der Waals surface area contributed by atoms with Gasteiger partial charge in [-0.05, 0) is 25.2 Å². The highest BCUT2D eigenvalue weighted by atomic mass is 15.2. The summed E-state index contributed by atoms with van der Waals surface area (Å²) in [7, 11) is 2.04.